The van der Waals surface area contributed by atoms with Crippen molar-refractivity contribution in [2.24, 2.45) is 0 Å². The third kappa shape index (κ3) is 4.63. The van der Waals surface area contributed by atoms with Gasteiger partial charge in [0.1, 0.15) is 0 Å². The van der Waals surface area contributed by atoms with Crippen LogP contribution in [0.4, 0.5) is 0 Å². The molecule has 2 saturated heterocycles. The van der Waals surface area contributed by atoms with Gasteiger partial charge in [0, 0.05) is 37.7 Å². The highest BCUT2D eigenvalue weighted by Gasteiger charge is 2.31. The van der Waals surface area contributed by atoms with Crippen molar-refractivity contribution in [3.8, 4) is 0 Å². The van der Waals surface area contributed by atoms with Crippen LogP contribution >= 0.6 is 11.3 Å². The second-order valence-corrected chi connectivity index (χ2v) is 12.5. The summed E-state index contributed by atoms with van der Waals surface area (Å²) in [6.07, 6.45) is 3.36. The largest absolute Gasteiger partial charge is 0.377 e. The van der Waals surface area contributed by atoms with Crippen molar-refractivity contribution in [2.75, 3.05) is 26.2 Å². The molecule has 2 fully saturated rings. The predicted molar refractivity (Wildman–Crippen MR) is 115 cm³/mol. The first kappa shape index (κ1) is 21.9. The van der Waals surface area contributed by atoms with Crippen LogP contribution in [-0.2, 0) is 31.3 Å². The van der Waals surface area contributed by atoms with E-state index in [1.807, 2.05) is 17.5 Å². The molecule has 2 aliphatic rings. The Morgan fingerprint density at radius 2 is 1.70 bits per heavy atom. The minimum absolute atomic E-state index is 0.0948. The Morgan fingerprint density at radius 1 is 1.00 bits per heavy atom. The van der Waals surface area contributed by atoms with E-state index in [1.54, 1.807) is 0 Å². The van der Waals surface area contributed by atoms with Gasteiger partial charge in [0.05, 0.1) is 15.9 Å². The Morgan fingerprint density at radius 3 is 2.30 bits per heavy atom. The fourth-order valence-electron chi connectivity index (χ4n) is 3.85. The fourth-order valence-corrected chi connectivity index (χ4v) is 7.62. The maximum absolute atomic E-state index is 13.4. The van der Waals surface area contributed by atoms with Crippen LogP contribution in [0.1, 0.15) is 30.6 Å². The molecule has 0 N–H and O–H groups in total. The van der Waals surface area contributed by atoms with Crippen LogP contribution < -0.4 is 0 Å². The zero-order valence-electron chi connectivity index (χ0n) is 16.6. The molecule has 0 radical (unpaired) electrons. The molecule has 4 rings (SSSR count). The highest BCUT2D eigenvalue weighted by Crippen LogP contribution is 2.26. The lowest BCUT2D eigenvalue weighted by Gasteiger charge is -2.24. The topological polar surface area (TPSA) is 84.0 Å². The first-order valence-corrected chi connectivity index (χ1v) is 13.9. The standard InChI is InChI=1S/C20H26N2O5S3/c23-29(24,21-11-1-2-12-21)19-7-9-20(10-8-19)30(25,26)22(15-17-5-3-13-27-17)16-18-6-4-14-28-18/h4,6-10,14,17H,1-3,5,11-13,15-16H2. The van der Waals surface area contributed by atoms with Gasteiger partial charge >= 0.3 is 0 Å². The Kier molecular flexibility index (Phi) is 6.61. The number of thiophene rings is 1. The highest BCUT2D eigenvalue weighted by molar-refractivity contribution is 7.89. The van der Waals surface area contributed by atoms with Crippen LogP contribution in [0.25, 0.3) is 0 Å². The zero-order chi connectivity index (χ0) is 21.2. The molecule has 1 atom stereocenters. The molecule has 0 spiro atoms. The van der Waals surface area contributed by atoms with E-state index in [2.05, 4.69) is 0 Å². The average molecular weight is 471 g/mol. The molecule has 0 amide bonds. The molecule has 0 saturated carbocycles. The summed E-state index contributed by atoms with van der Waals surface area (Å²) in [5.41, 5.74) is 0. The first-order valence-electron chi connectivity index (χ1n) is 10.1. The van der Waals surface area contributed by atoms with Crippen molar-refractivity contribution < 1.29 is 21.6 Å². The lowest BCUT2D eigenvalue weighted by molar-refractivity contribution is 0.0927. The van der Waals surface area contributed by atoms with E-state index in [0.29, 0.717) is 19.7 Å². The summed E-state index contributed by atoms with van der Waals surface area (Å²) < 4.78 is 60.8. The van der Waals surface area contributed by atoms with Gasteiger partial charge in [0.2, 0.25) is 20.0 Å². The summed E-state index contributed by atoms with van der Waals surface area (Å²) >= 11 is 1.51. The average Bonchev–Trinajstić information content (AvgIpc) is 3.50. The van der Waals surface area contributed by atoms with Crippen molar-refractivity contribution in [3.63, 3.8) is 0 Å². The van der Waals surface area contributed by atoms with Gasteiger partial charge in [-0.3, -0.25) is 0 Å². The molecular weight excluding hydrogens is 444 g/mol. The maximum Gasteiger partial charge on any atom is 0.243 e. The molecular formula is C20H26N2O5S3. The van der Waals surface area contributed by atoms with Gasteiger partial charge in [0.15, 0.2) is 0 Å². The monoisotopic (exact) mass is 470 g/mol. The maximum atomic E-state index is 13.4. The van der Waals surface area contributed by atoms with Gasteiger partial charge in [-0.1, -0.05) is 6.07 Å². The summed E-state index contributed by atoms with van der Waals surface area (Å²) in [6, 6.07) is 9.40. The van der Waals surface area contributed by atoms with Crippen LogP contribution in [0.2, 0.25) is 0 Å². The molecule has 2 aromatic rings. The number of benzene rings is 1. The lowest BCUT2D eigenvalue weighted by Crippen LogP contribution is -2.36. The summed E-state index contributed by atoms with van der Waals surface area (Å²) in [5.74, 6) is 0. The first-order chi connectivity index (χ1) is 14.4. The number of rotatable bonds is 8. The van der Waals surface area contributed by atoms with E-state index in [4.69, 9.17) is 4.74 Å². The minimum Gasteiger partial charge on any atom is -0.377 e. The van der Waals surface area contributed by atoms with Crippen LogP contribution in [0.5, 0.6) is 0 Å². The third-order valence-electron chi connectivity index (χ3n) is 5.51. The number of hydrogen-bond donors (Lipinski definition) is 0. The van der Waals surface area contributed by atoms with Crippen molar-refractivity contribution in [2.45, 2.75) is 48.1 Å². The molecule has 3 heterocycles. The van der Waals surface area contributed by atoms with Crippen molar-refractivity contribution in [1.29, 1.82) is 0 Å². The van der Waals surface area contributed by atoms with Gasteiger partial charge < -0.3 is 4.74 Å². The van der Waals surface area contributed by atoms with Gasteiger partial charge in [-0.25, -0.2) is 16.8 Å². The lowest BCUT2D eigenvalue weighted by atomic mass is 10.2. The second kappa shape index (κ2) is 9.05. The zero-order valence-corrected chi connectivity index (χ0v) is 19.1. The summed E-state index contributed by atoms with van der Waals surface area (Å²) in [4.78, 5) is 1.18. The molecule has 164 valence electrons. The summed E-state index contributed by atoms with van der Waals surface area (Å²) in [5, 5.41) is 1.92. The van der Waals surface area contributed by atoms with Gasteiger partial charge in [0.25, 0.3) is 0 Å². The van der Waals surface area contributed by atoms with Crippen LogP contribution in [0.15, 0.2) is 51.6 Å². The minimum atomic E-state index is -3.79. The fraction of sp³-hybridized carbons (Fsp3) is 0.500. The Bertz CT molecular complexity index is 1040. The summed E-state index contributed by atoms with van der Waals surface area (Å²) in [7, 11) is -7.37. The number of ether oxygens (including phenoxy) is 1. The normalized spacial score (nSPS) is 20.9. The van der Waals surface area contributed by atoms with Crippen LogP contribution in [0.3, 0.4) is 0 Å². The number of hydrogen-bond acceptors (Lipinski definition) is 6. The number of nitrogens with zero attached hydrogens (tertiary/aromatic N) is 2. The van der Waals surface area contributed by atoms with E-state index in [-0.39, 0.29) is 29.0 Å². The van der Waals surface area contributed by atoms with Gasteiger partial charge in [-0.05, 0) is 61.4 Å². The predicted octanol–water partition coefficient (Wildman–Crippen LogP) is 2.90. The van der Waals surface area contributed by atoms with Crippen molar-refractivity contribution in [1.82, 2.24) is 8.61 Å². The highest BCUT2D eigenvalue weighted by atomic mass is 32.2. The van der Waals surface area contributed by atoms with Crippen molar-refractivity contribution >= 4 is 31.4 Å². The van der Waals surface area contributed by atoms with E-state index in [1.165, 1.54) is 44.2 Å². The number of sulfonamides is 2. The molecule has 0 aliphatic carbocycles. The molecule has 1 aromatic heterocycles. The van der Waals surface area contributed by atoms with Gasteiger partial charge in [-0.2, -0.15) is 8.61 Å². The van der Waals surface area contributed by atoms with Crippen LogP contribution in [0, 0.1) is 0 Å². The second-order valence-electron chi connectivity index (χ2n) is 7.59. The Hall–Kier alpha value is -1.30. The molecule has 1 aromatic carbocycles. The quantitative estimate of drug-likeness (QED) is 0.592. The molecule has 30 heavy (non-hydrogen) atoms. The van der Waals surface area contributed by atoms with E-state index >= 15 is 0 Å². The third-order valence-corrected chi connectivity index (χ3v) is 10.1. The van der Waals surface area contributed by atoms with E-state index < -0.39 is 20.0 Å². The Labute approximate surface area is 182 Å². The SMILES string of the molecule is O=S(=O)(c1ccc(S(=O)(=O)N(Cc2cccs2)CC2CCCO2)cc1)N1CCCC1. The van der Waals surface area contributed by atoms with Gasteiger partial charge in [-0.15, -0.1) is 11.3 Å². The molecule has 0 bridgehead atoms. The molecule has 1 unspecified atom stereocenters. The van der Waals surface area contributed by atoms with E-state index in [0.717, 1.165) is 30.6 Å². The van der Waals surface area contributed by atoms with Crippen LogP contribution in [-0.4, -0.2) is 57.8 Å². The van der Waals surface area contributed by atoms with E-state index in [9.17, 15) is 16.8 Å². The molecule has 2 aliphatic heterocycles. The Balaban J connectivity index is 1.58. The summed E-state index contributed by atoms with van der Waals surface area (Å²) in [6.45, 7) is 2.24. The molecule has 7 nitrogen and oxygen atoms in total. The van der Waals surface area contributed by atoms with Crippen molar-refractivity contribution in [3.05, 3.63) is 46.7 Å². The smallest absolute Gasteiger partial charge is 0.243 e. The molecule has 10 heteroatoms.